The summed E-state index contributed by atoms with van der Waals surface area (Å²) in [5.41, 5.74) is 12.9. The van der Waals surface area contributed by atoms with Crippen LogP contribution in [0.5, 0.6) is 0 Å². The van der Waals surface area contributed by atoms with Crippen molar-refractivity contribution in [3.8, 4) is 0 Å². The first-order valence-electron chi connectivity index (χ1n) is 7.99. The van der Waals surface area contributed by atoms with Gasteiger partial charge in [0.25, 0.3) is 5.91 Å². The highest BCUT2D eigenvalue weighted by atomic mass is 16.4. The molecule has 8 nitrogen and oxygen atoms in total. The molecule has 0 spiro atoms. The fraction of sp³-hybridized carbons (Fsp3) is 0.167. The number of benzene rings is 2. The molecule has 0 aromatic heterocycles. The zero-order chi connectivity index (χ0) is 18.8. The topological polar surface area (TPSA) is 139 Å². The van der Waals surface area contributed by atoms with E-state index in [2.05, 4.69) is 5.32 Å². The zero-order valence-corrected chi connectivity index (χ0v) is 13.8. The van der Waals surface area contributed by atoms with E-state index in [4.69, 9.17) is 11.5 Å². The number of amides is 3. The van der Waals surface area contributed by atoms with E-state index < -0.39 is 23.9 Å². The van der Waals surface area contributed by atoms with Gasteiger partial charge in [0, 0.05) is 0 Å². The van der Waals surface area contributed by atoms with Crippen LogP contribution in [0.3, 0.4) is 0 Å². The summed E-state index contributed by atoms with van der Waals surface area (Å²) in [6, 6.07) is 10.7. The number of carbonyl (C=O) groups excluding carboxylic acids is 2. The molecule has 8 heteroatoms. The van der Waals surface area contributed by atoms with Crippen molar-refractivity contribution in [2.24, 2.45) is 5.73 Å². The number of hydrogen-bond donors (Lipinski definition) is 4. The number of nitrogen functional groups attached to an aromatic ring is 1. The Morgan fingerprint density at radius 2 is 1.85 bits per heavy atom. The molecule has 6 N–H and O–H groups in total. The Balaban J connectivity index is 1.90. The number of carboxylic acid groups (broad SMARTS) is 1. The smallest absolute Gasteiger partial charge is 0.412 e. The summed E-state index contributed by atoms with van der Waals surface area (Å²) in [6.07, 6.45) is -0.296. The van der Waals surface area contributed by atoms with E-state index in [0.29, 0.717) is 18.5 Å². The van der Waals surface area contributed by atoms with Crippen LogP contribution in [0.4, 0.5) is 21.9 Å². The lowest BCUT2D eigenvalue weighted by atomic mass is 9.95. The molecule has 0 saturated carbocycles. The van der Waals surface area contributed by atoms with Crippen molar-refractivity contribution in [3.05, 3.63) is 53.6 Å². The third-order valence-electron chi connectivity index (χ3n) is 4.39. The molecule has 0 fully saturated rings. The molecule has 1 atom stereocenters. The van der Waals surface area contributed by atoms with E-state index in [1.807, 2.05) is 12.1 Å². The van der Waals surface area contributed by atoms with Crippen molar-refractivity contribution < 1.29 is 19.5 Å². The summed E-state index contributed by atoms with van der Waals surface area (Å²) in [6.45, 7) is 0. The molecule has 3 amide bonds. The van der Waals surface area contributed by atoms with Gasteiger partial charge in [0.15, 0.2) is 0 Å². The summed E-state index contributed by atoms with van der Waals surface area (Å²) in [5.74, 6) is -1.23. The van der Waals surface area contributed by atoms with Crippen LogP contribution in [0, 0.1) is 0 Å². The predicted octanol–water partition coefficient (Wildman–Crippen LogP) is 1.81. The van der Waals surface area contributed by atoms with Crippen LogP contribution < -0.4 is 21.7 Å². The van der Waals surface area contributed by atoms with Crippen molar-refractivity contribution in [1.82, 2.24) is 0 Å². The molecule has 134 valence electrons. The molecule has 2 aromatic rings. The van der Waals surface area contributed by atoms with E-state index in [0.717, 1.165) is 10.5 Å². The SMILES string of the molecule is NC(=O)c1cccc(NC(=O)C2CCc3ccccc3N2C(=O)O)c1N. The average Bonchev–Trinajstić information content (AvgIpc) is 2.61. The number of rotatable bonds is 3. The molecule has 0 aliphatic carbocycles. The second-order valence-corrected chi connectivity index (χ2v) is 5.96. The van der Waals surface area contributed by atoms with Crippen LogP contribution in [0.1, 0.15) is 22.3 Å². The highest BCUT2D eigenvalue weighted by Gasteiger charge is 2.35. The van der Waals surface area contributed by atoms with Crippen molar-refractivity contribution in [2.45, 2.75) is 18.9 Å². The third-order valence-corrected chi connectivity index (χ3v) is 4.39. The Hall–Kier alpha value is -3.55. The first-order valence-corrected chi connectivity index (χ1v) is 7.99. The maximum atomic E-state index is 12.7. The Bertz CT molecular complexity index is 897. The van der Waals surface area contributed by atoms with Gasteiger partial charge in [0.1, 0.15) is 6.04 Å². The third kappa shape index (κ3) is 3.04. The van der Waals surface area contributed by atoms with Crippen molar-refractivity contribution in [2.75, 3.05) is 16.0 Å². The van der Waals surface area contributed by atoms with Gasteiger partial charge in [-0.25, -0.2) is 4.79 Å². The van der Waals surface area contributed by atoms with Gasteiger partial charge in [-0.05, 0) is 36.6 Å². The second-order valence-electron chi connectivity index (χ2n) is 5.96. The monoisotopic (exact) mass is 354 g/mol. The molecule has 2 aromatic carbocycles. The number of aryl methyl sites for hydroxylation is 1. The van der Waals surface area contributed by atoms with E-state index >= 15 is 0 Å². The summed E-state index contributed by atoms with van der Waals surface area (Å²) < 4.78 is 0. The molecule has 26 heavy (non-hydrogen) atoms. The molecular weight excluding hydrogens is 336 g/mol. The zero-order valence-electron chi connectivity index (χ0n) is 13.8. The number of nitrogens with two attached hydrogens (primary N) is 2. The van der Waals surface area contributed by atoms with Gasteiger partial charge in [-0.15, -0.1) is 0 Å². The molecule has 0 radical (unpaired) electrons. The lowest BCUT2D eigenvalue weighted by Crippen LogP contribution is -2.49. The number of para-hydroxylation sites is 2. The Morgan fingerprint density at radius 3 is 2.54 bits per heavy atom. The summed E-state index contributed by atoms with van der Waals surface area (Å²) in [7, 11) is 0. The summed E-state index contributed by atoms with van der Waals surface area (Å²) in [5, 5.41) is 12.2. The molecule has 0 saturated heterocycles. The van der Waals surface area contributed by atoms with E-state index in [9.17, 15) is 19.5 Å². The maximum Gasteiger partial charge on any atom is 0.412 e. The largest absolute Gasteiger partial charge is 0.465 e. The maximum absolute atomic E-state index is 12.7. The van der Waals surface area contributed by atoms with Crippen molar-refractivity contribution in [1.29, 1.82) is 0 Å². The number of hydrogen-bond acceptors (Lipinski definition) is 4. The molecular formula is C18H18N4O4. The molecule has 1 heterocycles. The molecule has 1 aliphatic heterocycles. The lowest BCUT2D eigenvalue weighted by molar-refractivity contribution is -0.117. The van der Waals surface area contributed by atoms with Crippen molar-refractivity contribution >= 4 is 35.0 Å². The van der Waals surface area contributed by atoms with Crippen LogP contribution in [-0.2, 0) is 11.2 Å². The van der Waals surface area contributed by atoms with Gasteiger partial charge >= 0.3 is 6.09 Å². The highest BCUT2D eigenvalue weighted by molar-refractivity contribution is 6.07. The van der Waals surface area contributed by atoms with Crippen LogP contribution in [0.2, 0.25) is 0 Å². The minimum absolute atomic E-state index is 0.0476. The van der Waals surface area contributed by atoms with Crippen LogP contribution in [-0.4, -0.2) is 29.1 Å². The van der Waals surface area contributed by atoms with Crippen LogP contribution >= 0.6 is 0 Å². The number of nitrogens with one attached hydrogen (secondary N) is 1. The number of fused-ring (bicyclic) bond motifs is 1. The van der Waals surface area contributed by atoms with E-state index in [-0.39, 0.29) is 16.9 Å². The fourth-order valence-corrected chi connectivity index (χ4v) is 3.14. The first kappa shape index (κ1) is 17.3. The Morgan fingerprint density at radius 1 is 1.12 bits per heavy atom. The Kier molecular flexibility index (Phi) is 4.49. The highest BCUT2D eigenvalue weighted by Crippen LogP contribution is 2.32. The van der Waals surface area contributed by atoms with E-state index in [1.165, 1.54) is 18.2 Å². The number of nitrogens with zero attached hydrogens (tertiary/aromatic N) is 1. The Labute approximate surface area is 149 Å². The predicted molar refractivity (Wildman–Crippen MR) is 97.1 cm³/mol. The summed E-state index contributed by atoms with van der Waals surface area (Å²) >= 11 is 0. The van der Waals surface area contributed by atoms with E-state index in [1.54, 1.807) is 12.1 Å². The second kappa shape index (κ2) is 6.75. The lowest BCUT2D eigenvalue weighted by Gasteiger charge is -2.34. The van der Waals surface area contributed by atoms with Gasteiger partial charge in [-0.2, -0.15) is 0 Å². The van der Waals surface area contributed by atoms with Gasteiger partial charge in [0.05, 0.1) is 22.6 Å². The standard InChI is InChI=1S/C18H18N4O4/c19-15-11(16(20)23)5-3-6-12(15)21-17(24)14-9-8-10-4-1-2-7-13(10)22(14)18(25)26/h1-7,14H,8-9,19H2,(H2,20,23)(H,21,24)(H,25,26). The molecule has 1 unspecified atom stereocenters. The van der Waals surface area contributed by atoms with Crippen molar-refractivity contribution in [3.63, 3.8) is 0 Å². The van der Waals surface area contributed by atoms with Gasteiger partial charge in [0.2, 0.25) is 5.91 Å². The number of primary amides is 1. The molecule has 1 aliphatic rings. The normalized spacial score (nSPS) is 15.8. The molecule has 3 rings (SSSR count). The first-order chi connectivity index (χ1) is 12.4. The average molecular weight is 354 g/mol. The van der Waals surface area contributed by atoms with Gasteiger partial charge in [-0.3, -0.25) is 14.5 Å². The number of carbonyl (C=O) groups is 3. The molecule has 0 bridgehead atoms. The quantitative estimate of drug-likeness (QED) is 0.623. The summed E-state index contributed by atoms with van der Waals surface area (Å²) in [4.78, 5) is 36.9. The van der Waals surface area contributed by atoms with Crippen LogP contribution in [0.15, 0.2) is 42.5 Å². The van der Waals surface area contributed by atoms with Crippen LogP contribution in [0.25, 0.3) is 0 Å². The minimum atomic E-state index is -1.21. The number of anilines is 3. The fourth-order valence-electron chi connectivity index (χ4n) is 3.14. The minimum Gasteiger partial charge on any atom is -0.465 e. The van der Waals surface area contributed by atoms with Gasteiger partial charge in [-0.1, -0.05) is 24.3 Å². The van der Waals surface area contributed by atoms with Gasteiger partial charge < -0.3 is 21.9 Å².